The molecule has 1 aromatic carbocycles. The lowest BCUT2D eigenvalue weighted by molar-refractivity contribution is 0.731. The molecular weight excluding hydrogens is 217 g/mol. The van der Waals surface area contributed by atoms with Gasteiger partial charge in [0.15, 0.2) is 0 Å². The van der Waals surface area contributed by atoms with Crippen molar-refractivity contribution in [1.82, 2.24) is 5.32 Å². The quantitative estimate of drug-likeness (QED) is 0.836. The number of nitrogens with one attached hydrogen (secondary N) is 1. The molecule has 0 amide bonds. The molecule has 0 bridgehead atoms. The summed E-state index contributed by atoms with van der Waals surface area (Å²) in [7, 11) is 1.92. The third-order valence-electron chi connectivity index (χ3n) is 1.98. The molecule has 0 aromatic heterocycles. The normalized spacial score (nSPS) is 13.4. The highest BCUT2D eigenvalue weighted by atomic mass is 35.5. The average Bonchev–Trinajstić information content (AvgIpc) is 2.16. The van der Waals surface area contributed by atoms with Crippen molar-refractivity contribution in [1.29, 1.82) is 0 Å². The highest BCUT2D eigenvalue weighted by molar-refractivity contribution is 6.35. The Morgan fingerprint density at radius 1 is 1.36 bits per heavy atom. The first kappa shape index (κ1) is 11.6. The van der Waals surface area contributed by atoms with Gasteiger partial charge in [0, 0.05) is 16.1 Å². The summed E-state index contributed by atoms with van der Waals surface area (Å²) >= 11 is 11.8. The molecular formula is C11H13Cl2N. The monoisotopic (exact) mass is 229 g/mol. The number of likely N-dealkylation sites (N-methyl/N-ethyl adjacent to an activating group) is 1. The maximum Gasteiger partial charge on any atom is 0.0493 e. The average molecular weight is 230 g/mol. The highest BCUT2D eigenvalue weighted by Gasteiger charge is 1.97. The van der Waals surface area contributed by atoms with Gasteiger partial charge in [-0.1, -0.05) is 41.4 Å². The molecule has 0 fully saturated rings. The van der Waals surface area contributed by atoms with Gasteiger partial charge in [-0.2, -0.15) is 0 Å². The fraction of sp³-hybridized carbons (Fsp3) is 0.273. The molecule has 0 aliphatic carbocycles. The van der Waals surface area contributed by atoms with Crippen molar-refractivity contribution >= 4 is 29.3 Å². The van der Waals surface area contributed by atoms with Gasteiger partial charge in [-0.3, -0.25) is 0 Å². The van der Waals surface area contributed by atoms with Crippen LogP contribution in [0.5, 0.6) is 0 Å². The second-order valence-electron chi connectivity index (χ2n) is 3.10. The summed E-state index contributed by atoms with van der Waals surface area (Å²) in [5, 5.41) is 4.45. The zero-order valence-electron chi connectivity index (χ0n) is 8.22. The topological polar surface area (TPSA) is 12.0 Å². The van der Waals surface area contributed by atoms with Crippen molar-refractivity contribution in [3.63, 3.8) is 0 Å². The number of rotatable bonds is 3. The maximum atomic E-state index is 6.00. The number of hydrogen-bond donors (Lipinski definition) is 1. The van der Waals surface area contributed by atoms with Crippen LogP contribution < -0.4 is 5.32 Å². The molecule has 1 rings (SSSR count). The van der Waals surface area contributed by atoms with E-state index in [9.17, 15) is 0 Å². The molecule has 0 heterocycles. The largest absolute Gasteiger partial charge is 0.314 e. The van der Waals surface area contributed by atoms with E-state index in [0.29, 0.717) is 16.1 Å². The summed E-state index contributed by atoms with van der Waals surface area (Å²) in [6.45, 7) is 2.07. The lowest BCUT2D eigenvalue weighted by atomic mass is 10.2. The van der Waals surface area contributed by atoms with Gasteiger partial charge < -0.3 is 5.32 Å². The van der Waals surface area contributed by atoms with Crippen molar-refractivity contribution in [2.24, 2.45) is 0 Å². The van der Waals surface area contributed by atoms with E-state index in [2.05, 4.69) is 18.3 Å². The van der Waals surface area contributed by atoms with E-state index < -0.39 is 0 Å². The summed E-state index contributed by atoms with van der Waals surface area (Å²) in [4.78, 5) is 0. The van der Waals surface area contributed by atoms with Gasteiger partial charge in [-0.15, -0.1) is 0 Å². The third kappa shape index (κ3) is 3.33. The van der Waals surface area contributed by atoms with Crippen LogP contribution in [0, 0.1) is 0 Å². The van der Waals surface area contributed by atoms with Crippen molar-refractivity contribution in [3.8, 4) is 0 Å². The molecule has 1 nitrogen and oxygen atoms in total. The molecule has 1 atom stereocenters. The predicted octanol–water partition coefficient (Wildman–Crippen LogP) is 3.61. The van der Waals surface area contributed by atoms with E-state index in [1.807, 2.05) is 25.3 Å². The Balaban J connectivity index is 2.82. The van der Waals surface area contributed by atoms with Gasteiger partial charge in [-0.25, -0.2) is 0 Å². The Morgan fingerprint density at radius 2 is 2.07 bits per heavy atom. The standard InChI is InChI=1S/C11H13Cl2N/c1-8(14-2)3-4-9-5-6-10(12)7-11(9)13/h3-8,14H,1-2H3/b4-3+. The van der Waals surface area contributed by atoms with E-state index in [1.54, 1.807) is 6.07 Å². The molecule has 0 aliphatic rings. The smallest absolute Gasteiger partial charge is 0.0493 e. The summed E-state index contributed by atoms with van der Waals surface area (Å²) in [5.41, 5.74) is 0.984. The molecule has 1 aromatic rings. The van der Waals surface area contributed by atoms with E-state index in [1.165, 1.54) is 0 Å². The lowest BCUT2D eigenvalue weighted by Crippen LogP contribution is -2.17. The molecule has 3 heteroatoms. The molecule has 0 spiro atoms. The fourth-order valence-electron chi connectivity index (χ4n) is 0.981. The second kappa shape index (κ2) is 5.40. The van der Waals surface area contributed by atoms with Crippen LogP contribution in [0.2, 0.25) is 10.0 Å². The van der Waals surface area contributed by atoms with Gasteiger partial charge in [0.05, 0.1) is 0 Å². The van der Waals surface area contributed by atoms with Crippen LogP contribution in [0.4, 0.5) is 0 Å². The van der Waals surface area contributed by atoms with Gasteiger partial charge in [-0.05, 0) is 31.7 Å². The van der Waals surface area contributed by atoms with Crippen LogP contribution in [0.3, 0.4) is 0 Å². The van der Waals surface area contributed by atoms with E-state index in [4.69, 9.17) is 23.2 Å². The third-order valence-corrected chi connectivity index (χ3v) is 2.54. The van der Waals surface area contributed by atoms with Crippen LogP contribution >= 0.6 is 23.2 Å². The molecule has 0 saturated heterocycles. The summed E-state index contributed by atoms with van der Waals surface area (Å²) in [6.07, 6.45) is 4.04. The van der Waals surface area contributed by atoms with E-state index in [0.717, 1.165) is 5.56 Å². The van der Waals surface area contributed by atoms with Crippen LogP contribution in [-0.4, -0.2) is 13.1 Å². The Kier molecular flexibility index (Phi) is 4.46. The van der Waals surface area contributed by atoms with Gasteiger partial charge >= 0.3 is 0 Å². The van der Waals surface area contributed by atoms with Gasteiger partial charge in [0.1, 0.15) is 0 Å². The van der Waals surface area contributed by atoms with Gasteiger partial charge in [0.25, 0.3) is 0 Å². The molecule has 0 saturated carbocycles. The molecule has 76 valence electrons. The lowest BCUT2D eigenvalue weighted by Gasteiger charge is -2.03. The first-order valence-electron chi connectivity index (χ1n) is 4.44. The fourth-order valence-corrected chi connectivity index (χ4v) is 1.45. The Morgan fingerprint density at radius 3 is 2.64 bits per heavy atom. The first-order chi connectivity index (χ1) is 6.63. The summed E-state index contributed by atoms with van der Waals surface area (Å²) in [5.74, 6) is 0. The molecule has 1 N–H and O–H groups in total. The number of hydrogen-bond acceptors (Lipinski definition) is 1. The molecule has 0 radical (unpaired) electrons. The SMILES string of the molecule is CNC(C)/C=C/c1ccc(Cl)cc1Cl. The van der Waals surface area contributed by atoms with Crippen LogP contribution in [-0.2, 0) is 0 Å². The zero-order chi connectivity index (χ0) is 10.6. The Labute approximate surface area is 94.7 Å². The molecule has 14 heavy (non-hydrogen) atoms. The zero-order valence-corrected chi connectivity index (χ0v) is 9.73. The Bertz CT molecular complexity index is 334. The van der Waals surface area contributed by atoms with Crippen LogP contribution in [0.1, 0.15) is 12.5 Å². The van der Waals surface area contributed by atoms with Crippen molar-refractivity contribution in [3.05, 3.63) is 39.9 Å². The first-order valence-corrected chi connectivity index (χ1v) is 5.19. The van der Waals surface area contributed by atoms with Crippen molar-refractivity contribution < 1.29 is 0 Å². The number of benzene rings is 1. The van der Waals surface area contributed by atoms with Crippen LogP contribution in [0.25, 0.3) is 6.08 Å². The van der Waals surface area contributed by atoms with E-state index >= 15 is 0 Å². The number of halogens is 2. The molecule has 0 aliphatic heterocycles. The summed E-state index contributed by atoms with van der Waals surface area (Å²) in [6, 6.07) is 5.81. The maximum absolute atomic E-state index is 6.00. The van der Waals surface area contributed by atoms with E-state index in [-0.39, 0.29) is 0 Å². The van der Waals surface area contributed by atoms with Crippen molar-refractivity contribution in [2.75, 3.05) is 7.05 Å². The minimum atomic E-state index is 0.335. The van der Waals surface area contributed by atoms with Crippen molar-refractivity contribution in [2.45, 2.75) is 13.0 Å². The Hall–Kier alpha value is -0.500. The predicted molar refractivity (Wildman–Crippen MR) is 64.0 cm³/mol. The van der Waals surface area contributed by atoms with Crippen LogP contribution in [0.15, 0.2) is 24.3 Å². The summed E-state index contributed by atoms with van der Waals surface area (Å²) < 4.78 is 0. The minimum absolute atomic E-state index is 0.335. The van der Waals surface area contributed by atoms with Gasteiger partial charge in [0.2, 0.25) is 0 Å². The minimum Gasteiger partial charge on any atom is -0.314 e. The highest BCUT2D eigenvalue weighted by Crippen LogP contribution is 2.21. The second-order valence-corrected chi connectivity index (χ2v) is 3.95. The molecule has 1 unspecified atom stereocenters.